The predicted octanol–water partition coefficient (Wildman–Crippen LogP) is 3.78. The van der Waals surface area contributed by atoms with Crippen molar-refractivity contribution in [3.8, 4) is 6.07 Å². The average Bonchev–Trinajstić information content (AvgIpc) is 2.34. The molecule has 1 saturated heterocycles. The Bertz CT molecular complexity index is 428. The molecule has 1 aliphatic rings. The van der Waals surface area contributed by atoms with Gasteiger partial charge in [0.15, 0.2) is 0 Å². The van der Waals surface area contributed by atoms with Gasteiger partial charge in [0.2, 0.25) is 0 Å². The predicted molar refractivity (Wildman–Crippen MR) is 71.4 cm³/mol. The molecule has 1 fully saturated rings. The van der Waals surface area contributed by atoms with E-state index in [9.17, 15) is 0 Å². The molecule has 3 heteroatoms. The van der Waals surface area contributed by atoms with Crippen LogP contribution in [0, 0.1) is 24.2 Å². The van der Waals surface area contributed by atoms with Gasteiger partial charge >= 0.3 is 0 Å². The molecule has 0 amide bonds. The number of nitrogens with zero attached hydrogens (tertiary/aromatic N) is 2. The van der Waals surface area contributed by atoms with Gasteiger partial charge in [-0.1, -0.05) is 17.7 Å². The second-order valence-electron chi connectivity index (χ2n) is 4.73. The van der Waals surface area contributed by atoms with Crippen molar-refractivity contribution in [3.05, 3.63) is 28.8 Å². The lowest BCUT2D eigenvalue weighted by Gasteiger charge is -2.33. The Morgan fingerprint density at radius 2 is 2.12 bits per heavy atom. The zero-order valence-corrected chi connectivity index (χ0v) is 10.9. The first kappa shape index (κ1) is 12.3. The Morgan fingerprint density at radius 1 is 1.41 bits per heavy atom. The molecule has 0 bridgehead atoms. The van der Waals surface area contributed by atoms with Gasteiger partial charge in [0.25, 0.3) is 0 Å². The SMILES string of the molecule is Cc1ccc(N2CCC(CC#N)CC2)cc1Cl. The van der Waals surface area contributed by atoms with E-state index in [-0.39, 0.29) is 0 Å². The van der Waals surface area contributed by atoms with E-state index in [1.807, 2.05) is 13.0 Å². The van der Waals surface area contributed by atoms with Gasteiger partial charge in [0, 0.05) is 30.2 Å². The van der Waals surface area contributed by atoms with Gasteiger partial charge in [0.05, 0.1) is 6.07 Å². The van der Waals surface area contributed by atoms with Gasteiger partial charge in [-0.15, -0.1) is 0 Å². The summed E-state index contributed by atoms with van der Waals surface area (Å²) in [6, 6.07) is 8.51. The van der Waals surface area contributed by atoms with Crippen LogP contribution in [0.15, 0.2) is 18.2 Å². The molecule has 2 rings (SSSR count). The van der Waals surface area contributed by atoms with Crippen LogP contribution in [0.25, 0.3) is 0 Å². The number of halogens is 1. The van der Waals surface area contributed by atoms with Crippen LogP contribution in [0.2, 0.25) is 5.02 Å². The molecule has 0 aliphatic carbocycles. The van der Waals surface area contributed by atoms with Gasteiger partial charge in [-0.25, -0.2) is 0 Å². The topological polar surface area (TPSA) is 27.0 Å². The third-order valence-corrected chi connectivity index (χ3v) is 3.92. The number of hydrogen-bond donors (Lipinski definition) is 0. The van der Waals surface area contributed by atoms with E-state index >= 15 is 0 Å². The minimum absolute atomic E-state index is 0.581. The minimum Gasteiger partial charge on any atom is -0.371 e. The number of benzene rings is 1. The second kappa shape index (κ2) is 5.42. The third-order valence-electron chi connectivity index (χ3n) is 3.52. The fourth-order valence-corrected chi connectivity index (χ4v) is 2.48. The van der Waals surface area contributed by atoms with Crippen LogP contribution in [0.3, 0.4) is 0 Å². The Balaban J connectivity index is 2.01. The fraction of sp³-hybridized carbons (Fsp3) is 0.500. The van der Waals surface area contributed by atoms with Gasteiger partial charge < -0.3 is 4.90 Å². The molecule has 1 aromatic rings. The maximum absolute atomic E-state index is 8.69. The van der Waals surface area contributed by atoms with E-state index in [0.29, 0.717) is 12.3 Å². The van der Waals surface area contributed by atoms with Crippen molar-refractivity contribution in [2.45, 2.75) is 26.2 Å². The van der Waals surface area contributed by atoms with Gasteiger partial charge in [-0.2, -0.15) is 5.26 Å². The first-order valence-electron chi connectivity index (χ1n) is 6.08. The first-order valence-corrected chi connectivity index (χ1v) is 6.46. The molecule has 0 unspecified atom stereocenters. The summed E-state index contributed by atoms with van der Waals surface area (Å²) in [6.45, 7) is 4.09. The van der Waals surface area contributed by atoms with Crippen LogP contribution < -0.4 is 4.90 Å². The maximum Gasteiger partial charge on any atom is 0.0624 e. The molecule has 0 spiro atoms. The van der Waals surface area contributed by atoms with Crippen LogP contribution in [-0.2, 0) is 0 Å². The zero-order chi connectivity index (χ0) is 12.3. The standard InChI is InChI=1S/C14H17ClN2/c1-11-2-3-13(10-14(11)15)17-8-5-12(4-7-16)6-9-17/h2-3,10,12H,4-6,8-9H2,1H3. The summed E-state index contributed by atoms with van der Waals surface area (Å²) in [5.41, 5.74) is 2.32. The summed E-state index contributed by atoms with van der Waals surface area (Å²) in [5.74, 6) is 0.581. The van der Waals surface area contributed by atoms with Crippen molar-refractivity contribution in [3.63, 3.8) is 0 Å². The smallest absolute Gasteiger partial charge is 0.0624 e. The number of aryl methyl sites for hydroxylation is 1. The van der Waals surface area contributed by atoms with E-state index in [0.717, 1.165) is 36.5 Å². The van der Waals surface area contributed by atoms with E-state index in [2.05, 4.69) is 23.1 Å². The zero-order valence-electron chi connectivity index (χ0n) is 10.1. The summed E-state index contributed by atoms with van der Waals surface area (Å²) in [5, 5.41) is 9.52. The fourth-order valence-electron chi connectivity index (χ4n) is 2.30. The van der Waals surface area contributed by atoms with E-state index in [1.165, 1.54) is 5.69 Å². The lowest BCUT2D eigenvalue weighted by molar-refractivity contribution is 0.413. The van der Waals surface area contributed by atoms with Crippen molar-refractivity contribution < 1.29 is 0 Å². The summed E-state index contributed by atoms with van der Waals surface area (Å²) >= 11 is 6.14. The average molecular weight is 249 g/mol. The Labute approximate surface area is 108 Å². The molecule has 1 aliphatic heterocycles. The lowest BCUT2D eigenvalue weighted by Crippen LogP contribution is -2.33. The molecule has 0 atom stereocenters. The molecule has 0 radical (unpaired) electrons. The molecular weight excluding hydrogens is 232 g/mol. The minimum atomic E-state index is 0.581. The number of anilines is 1. The number of piperidine rings is 1. The van der Waals surface area contributed by atoms with Crippen LogP contribution in [0.4, 0.5) is 5.69 Å². The lowest BCUT2D eigenvalue weighted by atomic mass is 9.94. The molecule has 90 valence electrons. The Kier molecular flexibility index (Phi) is 3.91. The molecule has 1 heterocycles. The summed E-state index contributed by atoms with van der Waals surface area (Å²) in [7, 11) is 0. The molecule has 0 saturated carbocycles. The third kappa shape index (κ3) is 2.92. The normalized spacial score (nSPS) is 16.9. The highest BCUT2D eigenvalue weighted by molar-refractivity contribution is 6.31. The number of rotatable bonds is 2. The van der Waals surface area contributed by atoms with Crippen molar-refractivity contribution in [2.24, 2.45) is 5.92 Å². The van der Waals surface area contributed by atoms with E-state index in [4.69, 9.17) is 16.9 Å². The van der Waals surface area contributed by atoms with Crippen LogP contribution in [0.1, 0.15) is 24.8 Å². The summed E-state index contributed by atoms with van der Waals surface area (Å²) in [4.78, 5) is 2.36. The number of hydrogen-bond acceptors (Lipinski definition) is 2. The Hall–Kier alpha value is -1.20. The van der Waals surface area contributed by atoms with E-state index in [1.54, 1.807) is 0 Å². The highest BCUT2D eigenvalue weighted by Crippen LogP contribution is 2.28. The van der Waals surface area contributed by atoms with Gasteiger partial charge in [-0.05, 0) is 43.4 Å². The number of nitriles is 1. The highest BCUT2D eigenvalue weighted by atomic mass is 35.5. The first-order chi connectivity index (χ1) is 8.20. The molecule has 0 aromatic heterocycles. The van der Waals surface area contributed by atoms with Crippen molar-refractivity contribution in [1.82, 2.24) is 0 Å². The largest absolute Gasteiger partial charge is 0.371 e. The molecule has 0 N–H and O–H groups in total. The molecule has 2 nitrogen and oxygen atoms in total. The van der Waals surface area contributed by atoms with Crippen LogP contribution in [0.5, 0.6) is 0 Å². The highest BCUT2D eigenvalue weighted by Gasteiger charge is 2.19. The van der Waals surface area contributed by atoms with E-state index < -0.39 is 0 Å². The Morgan fingerprint density at radius 3 is 2.71 bits per heavy atom. The second-order valence-corrected chi connectivity index (χ2v) is 5.13. The quantitative estimate of drug-likeness (QED) is 0.797. The molecule has 17 heavy (non-hydrogen) atoms. The molecule has 1 aromatic carbocycles. The van der Waals surface area contributed by atoms with Crippen molar-refractivity contribution >= 4 is 17.3 Å². The van der Waals surface area contributed by atoms with Gasteiger partial charge in [-0.3, -0.25) is 0 Å². The summed E-state index contributed by atoms with van der Waals surface area (Å²) < 4.78 is 0. The van der Waals surface area contributed by atoms with Crippen molar-refractivity contribution in [2.75, 3.05) is 18.0 Å². The maximum atomic E-state index is 8.69. The monoisotopic (exact) mass is 248 g/mol. The van der Waals surface area contributed by atoms with Crippen molar-refractivity contribution in [1.29, 1.82) is 5.26 Å². The summed E-state index contributed by atoms with van der Waals surface area (Å²) in [6.07, 6.45) is 2.92. The molecular formula is C14H17ClN2. The van der Waals surface area contributed by atoms with Crippen LogP contribution >= 0.6 is 11.6 Å². The van der Waals surface area contributed by atoms with Crippen LogP contribution in [-0.4, -0.2) is 13.1 Å². The van der Waals surface area contributed by atoms with Gasteiger partial charge in [0.1, 0.15) is 0 Å².